The topological polar surface area (TPSA) is 49.4 Å². The number of nitrogens with one attached hydrogen (secondary N) is 1. The van der Waals surface area contributed by atoms with E-state index in [1.807, 2.05) is 6.92 Å². The Morgan fingerprint density at radius 1 is 0.957 bits per heavy atom. The monoisotopic (exact) mass is 346 g/mol. The highest BCUT2D eigenvalue weighted by Gasteiger charge is 2.38. The van der Waals surface area contributed by atoms with Gasteiger partial charge in [0.25, 0.3) is 11.8 Å². The number of anilines is 2. The van der Waals surface area contributed by atoms with E-state index in [1.54, 1.807) is 48.5 Å². The highest BCUT2D eigenvalue weighted by atomic mass is 35.5. The first kappa shape index (κ1) is 15.6. The van der Waals surface area contributed by atoms with Gasteiger partial charge < -0.3 is 5.32 Å². The molecule has 0 saturated carbocycles. The molecule has 0 atom stereocenters. The van der Waals surface area contributed by atoms with Crippen molar-refractivity contribution in [2.24, 2.45) is 0 Å². The van der Waals surface area contributed by atoms with Crippen molar-refractivity contribution in [2.75, 3.05) is 10.2 Å². The normalized spacial score (nSPS) is 14.7. The first-order valence-corrected chi connectivity index (χ1v) is 7.61. The van der Waals surface area contributed by atoms with Crippen molar-refractivity contribution >= 4 is 46.4 Å². The van der Waals surface area contributed by atoms with E-state index < -0.39 is 11.8 Å². The van der Waals surface area contributed by atoms with E-state index in [1.165, 1.54) is 0 Å². The fourth-order valence-corrected chi connectivity index (χ4v) is 2.76. The Morgan fingerprint density at radius 2 is 1.65 bits per heavy atom. The van der Waals surface area contributed by atoms with Crippen LogP contribution in [0.3, 0.4) is 0 Å². The van der Waals surface area contributed by atoms with Crippen LogP contribution in [0.25, 0.3) is 0 Å². The van der Waals surface area contributed by atoms with Crippen LogP contribution in [0.2, 0.25) is 5.02 Å². The van der Waals surface area contributed by atoms with Gasteiger partial charge in [-0.15, -0.1) is 0 Å². The molecule has 1 aliphatic heterocycles. The molecule has 23 heavy (non-hydrogen) atoms. The summed E-state index contributed by atoms with van der Waals surface area (Å²) in [4.78, 5) is 25.9. The van der Waals surface area contributed by atoms with E-state index in [0.29, 0.717) is 16.4 Å². The zero-order valence-electron chi connectivity index (χ0n) is 12.1. The van der Waals surface area contributed by atoms with Gasteiger partial charge in [-0.25, -0.2) is 4.90 Å². The molecule has 4 nitrogen and oxygen atoms in total. The van der Waals surface area contributed by atoms with Gasteiger partial charge in [-0.1, -0.05) is 41.4 Å². The summed E-state index contributed by atoms with van der Waals surface area (Å²) in [6.07, 6.45) is 0. The van der Waals surface area contributed by atoms with Crippen molar-refractivity contribution < 1.29 is 9.59 Å². The minimum Gasteiger partial charge on any atom is -0.349 e. The van der Waals surface area contributed by atoms with Crippen LogP contribution in [0.5, 0.6) is 0 Å². The minimum atomic E-state index is -0.544. The molecule has 0 aliphatic carbocycles. The number of hydrogen-bond acceptors (Lipinski definition) is 3. The number of amides is 2. The largest absolute Gasteiger partial charge is 0.349 e. The second kappa shape index (κ2) is 6.07. The molecule has 116 valence electrons. The van der Waals surface area contributed by atoms with E-state index >= 15 is 0 Å². The van der Waals surface area contributed by atoms with E-state index in [0.717, 1.165) is 10.5 Å². The van der Waals surface area contributed by atoms with Crippen molar-refractivity contribution in [1.29, 1.82) is 0 Å². The Balaban J connectivity index is 1.94. The van der Waals surface area contributed by atoms with Crippen molar-refractivity contribution in [2.45, 2.75) is 6.92 Å². The summed E-state index contributed by atoms with van der Waals surface area (Å²) >= 11 is 12.0. The average molecular weight is 347 g/mol. The van der Waals surface area contributed by atoms with Crippen LogP contribution in [0, 0.1) is 6.92 Å². The number of benzene rings is 2. The molecule has 0 radical (unpaired) electrons. The quantitative estimate of drug-likeness (QED) is 0.851. The Morgan fingerprint density at radius 3 is 2.30 bits per heavy atom. The molecule has 1 aliphatic rings. The van der Waals surface area contributed by atoms with Crippen molar-refractivity contribution in [3.8, 4) is 0 Å². The zero-order valence-corrected chi connectivity index (χ0v) is 13.7. The lowest BCUT2D eigenvalue weighted by Crippen LogP contribution is -2.32. The zero-order chi connectivity index (χ0) is 16.6. The first-order chi connectivity index (χ1) is 11.0. The Hall–Kier alpha value is -2.30. The van der Waals surface area contributed by atoms with Crippen molar-refractivity contribution in [1.82, 2.24) is 0 Å². The number of carbonyl (C=O) groups is 2. The summed E-state index contributed by atoms with van der Waals surface area (Å²) in [7, 11) is 0. The van der Waals surface area contributed by atoms with Gasteiger partial charge in [-0.3, -0.25) is 9.59 Å². The van der Waals surface area contributed by atoms with Crippen LogP contribution in [-0.4, -0.2) is 11.8 Å². The van der Waals surface area contributed by atoms with Gasteiger partial charge in [0.1, 0.15) is 10.7 Å². The number of halogens is 2. The molecule has 2 amide bonds. The molecule has 1 heterocycles. The number of imide groups is 1. The average Bonchev–Trinajstić information content (AvgIpc) is 2.74. The van der Waals surface area contributed by atoms with E-state index in [4.69, 9.17) is 23.2 Å². The maximum Gasteiger partial charge on any atom is 0.283 e. The Labute approximate surface area is 143 Å². The predicted octanol–water partition coefficient (Wildman–Crippen LogP) is 4.08. The number of aryl methyl sites for hydroxylation is 1. The van der Waals surface area contributed by atoms with Crippen LogP contribution >= 0.6 is 23.2 Å². The molecule has 0 unspecified atom stereocenters. The molecule has 2 aromatic rings. The molecule has 6 heteroatoms. The third-order valence-corrected chi connectivity index (χ3v) is 4.08. The molecule has 2 aromatic carbocycles. The summed E-state index contributed by atoms with van der Waals surface area (Å²) in [5.74, 6) is -1.03. The fourth-order valence-electron chi connectivity index (χ4n) is 2.32. The van der Waals surface area contributed by atoms with Crippen LogP contribution in [-0.2, 0) is 9.59 Å². The second-order valence-corrected chi connectivity index (χ2v) is 5.87. The SMILES string of the molecule is Cc1cc(Cl)ccc1NC1=C(Cl)C(=O)N(c2ccccc2)C1=O. The van der Waals surface area contributed by atoms with Gasteiger partial charge in [-0.2, -0.15) is 0 Å². The molecule has 0 fully saturated rings. The first-order valence-electron chi connectivity index (χ1n) is 6.86. The van der Waals surface area contributed by atoms with Gasteiger partial charge in [0.15, 0.2) is 0 Å². The highest BCUT2D eigenvalue weighted by molar-refractivity contribution is 6.53. The maximum atomic E-state index is 12.6. The van der Waals surface area contributed by atoms with Crippen LogP contribution in [0.15, 0.2) is 59.3 Å². The number of rotatable bonds is 3. The number of hydrogen-bond donors (Lipinski definition) is 1. The van der Waals surface area contributed by atoms with Gasteiger partial charge in [-0.05, 0) is 42.8 Å². The molecule has 1 N–H and O–H groups in total. The van der Waals surface area contributed by atoms with Gasteiger partial charge in [0.05, 0.1) is 5.69 Å². The lowest BCUT2D eigenvalue weighted by molar-refractivity contribution is -0.120. The summed E-state index contributed by atoms with van der Waals surface area (Å²) in [6.45, 7) is 1.85. The van der Waals surface area contributed by atoms with Crippen LogP contribution < -0.4 is 10.2 Å². The summed E-state index contributed by atoms with van der Waals surface area (Å²) in [6, 6.07) is 13.8. The predicted molar refractivity (Wildman–Crippen MR) is 91.6 cm³/mol. The Bertz CT molecular complexity index is 832. The maximum absolute atomic E-state index is 12.6. The summed E-state index contributed by atoms with van der Waals surface area (Å²) in [5, 5.41) is 3.40. The fraction of sp³-hybridized carbons (Fsp3) is 0.0588. The van der Waals surface area contributed by atoms with Gasteiger partial charge in [0, 0.05) is 10.7 Å². The third-order valence-electron chi connectivity index (χ3n) is 3.49. The van der Waals surface area contributed by atoms with Crippen LogP contribution in [0.1, 0.15) is 5.56 Å². The molecule has 0 aromatic heterocycles. The summed E-state index contributed by atoms with van der Waals surface area (Å²) in [5.41, 5.74) is 2.04. The van der Waals surface area contributed by atoms with E-state index in [9.17, 15) is 9.59 Å². The van der Waals surface area contributed by atoms with Crippen molar-refractivity contribution in [3.05, 3.63) is 69.8 Å². The molecule has 0 bridgehead atoms. The lowest BCUT2D eigenvalue weighted by atomic mass is 10.2. The van der Waals surface area contributed by atoms with E-state index in [2.05, 4.69) is 5.32 Å². The Kier molecular flexibility index (Phi) is 4.11. The standard InChI is InChI=1S/C17H12Cl2N2O2/c1-10-9-11(18)7-8-13(10)20-15-14(19)16(22)21(17(15)23)12-5-3-2-4-6-12/h2-9,20H,1H3. The summed E-state index contributed by atoms with van der Waals surface area (Å²) < 4.78 is 0. The molecule has 0 saturated heterocycles. The van der Waals surface area contributed by atoms with Gasteiger partial charge in [0.2, 0.25) is 0 Å². The number of para-hydroxylation sites is 1. The second-order valence-electron chi connectivity index (χ2n) is 5.05. The van der Waals surface area contributed by atoms with Crippen molar-refractivity contribution in [3.63, 3.8) is 0 Å². The molecule has 0 spiro atoms. The molecule has 3 rings (SSSR count). The minimum absolute atomic E-state index is 0.0611. The number of nitrogens with zero attached hydrogens (tertiary/aromatic N) is 1. The number of carbonyl (C=O) groups excluding carboxylic acids is 2. The lowest BCUT2D eigenvalue weighted by Gasteiger charge is -2.15. The van der Waals surface area contributed by atoms with E-state index in [-0.39, 0.29) is 10.7 Å². The highest BCUT2D eigenvalue weighted by Crippen LogP contribution is 2.31. The smallest absolute Gasteiger partial charge is 0.283 e. The van der Waals surface area contributed by atoms with Crippen LogP contribution in [0.4, 0.5) is 11.4 Å². The molecular weight excluding hydrogens is 335 g/mol. The third kappa shape index (κ3) is 2.83. The molecular formula is C17H12Cl2N2O2. The van der Waals surface area contributed by atoms with Gasteiger partial charge >= 0.3 is 0 Å².